The average Bonchev–Trinajstić information content (AvgIpc) is 2.48. The Morgan fingerprint density at radius 1 is 1.33 bits per heavy atom. The molecule has 112 valence electrons. The summed E-state index contributed by atoms with van der Waals surface area (Å²) in [6, 6.07) is 6.19. The van der Waals surface area contributed by atoms with Crippen LogP contribution in [0.5, 0.6) is 0 Å². The van der Waals surface area contributed by atoms with Crippen molar-refractivity contribution >= 4 is 16.7 Å². The predicted octanol–water partition coefficient (Wildman–Crippen LogP) is 3.29. The van der Waals surface area contributed by atoms with E-state index in [1.54, 1.807) is 6.33 Å². The maximum absolute atomic E-state index is 10.3. The van der Waals surface area contributed by atoms with Gasteiger partial charge in [-0.15, -0.1) is 0 Å². The van der Waals surface area contributed by atoms with E-state index in [-0.39, 0.29) is 11.5 Å². The lowest BCUT2D eigenvalue weighted by atomic mass is 9.73. The van der Waals surface area contributed by atoms with Crippen molar-refractivity contribution in [1.29, 1.82) is 0 Å². The van der Waals surface area contributed by atoms with Crippen LogP contribution in [0.1, 0.15) is 38.2 Å². The molecule has 3 rings (SSSR count). The zero-order valence-electron chi connectivity index (χ0n) is 12.8. The van der Waals surface area contributed by atoms with Gasteiger partial charge in [0.2, 0.25) is 0 Å². The SMILES string of the molecule is Cc1ccc2ncnc(NCC3(C)CCCCC3O)c2c1. The smallest absolute Gasteiger partial charge is 0.137 e. The van der Waals surface area contributed by atoms with Crippen LogP contribution in [0.15, 0.2) is 24.5 Å². The van der Waals surface area contributed by atoms with E-state index in [0.29, 0.717) is 0 Å². The summed E-state index contributed by atoms with van der Waals surface area (Å²) in [4.78, 5) is 8.69. The second-order valence-electron chi connectivity index (χ2n) is 6.51. The van der Waals surface area contributed by atoms with Crippen LogP contribution in [0, 0.1) is 12.3 Å². The molecule has 0 saturated heterocycles. The molecule has 1 aromatic heterocycles. The Balaban J connectivity index is 1.83. The molecule has 4 heteroatoms. The molecule has 2 unspecified atom stereocenters. The molecule has 21 heavy (non-hydrogen) atoms. The second-order valence-corrected chi connectivity index (χ2v) is 6.51. The van der Waals surface area contributed by atoms with Gasteiger partial charge >= 0.3 is 0 Å². The third-order valence-electron chi connectivity index (χ3n) is 4.73. The van der Waals surface area contributed by atoms with Gasteiger partial charge in [-0.2, -0.15) is 0 Å². The minimum atomic E-state index is -0.228. The molecule has 2 atom stereocenters. The number of benzene rings is 1. The highest BCUT2D eigenvalue weighted by Gasteiger charge is 2.35. The predicted molar refractivity (Wildman–Crippen MR) is 85.3 cm³/mol. The third kappa shape index (κ3) is 2.86. The number of aryl methyl sites for hydroxylation is 1. The largest absolute Gasteiger partial charge is 0.392 e. The van der Waals surface area contributed by atoms with Gasteiger partial charge in [0, 0.05) is 17.3 Å². The molecule has 1 aliphatic rings. The molecule has 0 bridgehead atoms. The van der Waals surface area contributed by atoms with Crippen LogP contribution in [-0.4, -0.2) is 27.7 Å². The van der Waals surface area contributed by atoms with Crippen molar-refractivity contribution in [3.05, 3.63) is 30.1 Å². The van der Waals surface area contributed by atoms with Gasteiger partial charge in [0.15, 0.2) is 0 Å². The second kappa shape index (κ2) is 5.60. The normalized spacial score (nSPS) is 26.0. The summed E-state index contributed by atoms with van der Waals surface area (Å²) in [5, 5.41) is 14.8. The summed E-state index contributed by atoms with van der Waals surface area (Å²) in [5.74, 6) is 0.864. The highest BCUT2D eigenvalue weighted by atomic mass is 16.3. The Morgan fingerprint density at radius 2 is 2.19 bits per heavy atom. The van der Waals surface area contributed by atoms with Gasteiger partial charge in [-0.25, -0.2) is 9.97 Å². The van der Waals surface area contributed by atoms with Crippen molar-refractivity contribution in [1.82, 2.24) is 9.97 Å². The Labute approximate surface area is 125 Å². The number of rotatable bonds is 3. The molecule has 1 aromatic carbocycles. The number of aliphatic hydroxyl groups excluding tert-OH is 1. The molecule has 0 spiro atoms. The van der Waals surface area contributed by atoms with E-state index in [0.717, 1.165) is 42.5 Å². The lowest BCUT2D eigenvalue weighted by Crippen LogP contribution is -2.41. The quantitative estimate of drug-likeness (QED) is 0.908. The minimum absolute atomic E-state index is 0.0701. The lowest BCUT2D eigenvalue weighted by Gasteiger charge is -2.38. The van der Waals surface area contributed by atoms with Crippen molar-refractivity contribution in [2.75, 3.05) is 11.9 Å². The lowest BCUT2D eigenvalue weighted by molar-refractivity contribution is 0.00960. The van der Waals surface area contributed by atoms with Gasteiger partial charge in [0.05, 0.1) is 11.6 Å². The molecule has 0 radical (unpaired) electrons. The van der Waals surface area contributed by atoms with Crippen LogP contribution in [0.2, 0.25) is 0 Å². The summed E-state index contributed by atoms with van der Waals surface area (Å²) in [5.41, 5.74) is 2.08. The van der Waals surface area contributed by atoms with Crippen molar-refractivity contribution in [2.45, 2.75) is 45.6 Å². The fourth-order valence-corrected chi connectivity index (χ4v) is 3.18. The van der Waals surface area contributed by atoms with E-state index in [4.69, 9.17) is 0 Å². The molecule has 0 aliphatic heterocycles. The highest BCUT2D eigenvalue weighted by Crippen LogP contribution is 2.36. The third-order valence-corrected chi connectivity index (χ3v) is 4.73. The maximum Gasteiger partial charge on any atom is 0.137 e. The van der Waals surface area contributed by atoms with Crippen molar-refractivity contribution in [3.63, 3.8) is 0 Å². The topological polar surface area (TPSA) is 58.0 Å². The van der Waals surface area contributed by atoms with E-state index in [1.165, 1.54) is 12.0 Å². The van der Waals surface area contributed by atoms with E-state index in [1.807, 2.05) is 6.07 Å². The molecule has 4 nitrogen and oxygen atoms in total. The number of nitrogens with zero attached hydrogens (tertiary/aromatic N) is 2. The molecule has 1 heterocycles. The van der Waals surface area contributed by atoms with E-state index in [9.17, 15) is 5.11 Å². The zero-order chi connectivity index (χ0) is 14.9. The molecule has 1 fully saturated rings. The number of aliphatic hydroxyl groups is 1. The first-order valence-electron chi connectivity index (χ1n) is 7.72. The molecular weight excluding hydrogens is 262 g/mol. The van der Waals surface area contributed by atoms with Crippen LogP contribution in [0.25, 0.3) is 10.9 Å². The highest BCUT2D eigenvalue weighted by molar-refractivity contribution is 5.89. The number of fused-ring (bicyclic) bond motifs is 1. The van der Waals surface area contributed by atoms with Crippen LogP contribution < -0.4 is 5.32 Å². The molecule has 2 aromatic rings. The van der Waals surface area contributed by atoms with E-state index < -0.39 is 0 Å². The number of hydrogen-bond donors (Lipinski definition) is 2. The number of anilines is 1. The maximum atomic E-state index is 10.3. The van der Waals surface area contributed by atoms with Crippen LogP contribution in [-0.2, 0) is 0 Å². The molecule has 2 N–H and O–H groups in total. The van der Waals surface area contributed by atoms with Gasteiger partial charge in [-0.1, -0.05) is 31.4 Å². The Kier molecular flexibility index (Phi) is 3.81. The van der Waals surface area contributed by atoms with E-state index in [2.05, 4.69) is 41.3 Å². The first kappa shape index (κ1) is 14.3. The first-order chi connectivity index (χ1) is 10.1. The van der Waals surface area contributed by atoms with Crippen LogP contribution in [0.4, 0.5) is 5.82 Å². The number of aromatic nitrogens is 2. The summed E-state index contributed by atoms with van der Waals surface area (Å²) in [6.45, 7) is 4.98. The van der Waals surface area contributed by atoms with Gasteiger partial charge < -0.3 is 10.4 Å². The molecule has 0 amide bonds. The van der Waals surface area contributed by atoms with Crippen molar-refractivity contribution < 1.29 is 5.11 Å². The first-order valence-corrected chi connectivity index (χ1v) is 7.72. The summed E-state index contributed by atoms with van der Waals surface area (Å²) in [7, 11) is 0. The van der Waals surface area contributed by atoms with Gasteiger partial charge in [-0.05, 0) is 31.9 Å². The standard InChI is InChI=1S/C17H23N3O/c1-12-6-7-14-13(9-12)16(20-11-19-14)18-10-17(2)8-4-3-5-15(17)21/h6-7,9,11,15,21H,3-5,8,10H2,1-2H3,(H,18,19,20). The zero-order valence-corrected chi connectivity index (χ0v) is 12.8. The molecule has 1 saturated carbocycles. The van der Waals surface area contributed by atoms with Gasteiger partial charge in [0.1, 0.15) is 12.1 Å². The van der Waals surface area contributed by atoms with Gasteiger partial charge in [-0.3, -0.25) is 0 Å². The Bertz CT molecular complexity index is 643. The van der Waals surface area contributed by atoms with E-state index >= 15 is 0 Å². The fraction of sp³-hybridized carbons (Fsp3) is 0.529. The fourth-order valence-electron chi connectivity index (χ4n) is 3.18. The monoisotopic (exact) mass is 285 g/mol. The van der Waals surface area contributed by atoms with Crippen molar-refractivity contribution in [2.24, 2.45) is 5.41 Å². The summed E-state index contributed by atoms with van der Waals surface area (Å²) in [6.07, 6.45) is 5.66. The van der Waals surface area contributed by atoms with Gasteiger partial charge in [0.25, 0.3) is 0 Å². The number of hydrogen-bond acceptors (Lipinski definition) is 4. The number of nitrogens with one attached hydrogen (secondary N) is 1. The minimum Gasteiger partial charge on any atom is -0.392 e. The molecule has 1 aliphatic carbocycles. The average molecular weight is 285 g/mol. The van der Waals surface area contributed by atoms with Crippen molar-refractivity contribution in [3.8, 4) is 0 Å². The van der Waals surface area contributed by atoms with Crippen LogP contribution in [0.3, 0.4) is 0 Å². The summed E-state index contributed by atoms with van der Waals surface area (Å²) < 4.78 is 0. The van der Waals surface area contributed by atoms with Crippen LogP contribution >= 0.6 is 0 Å². The summed E-state index contributed by atoms with van der Waals surface area (Å²) >= 11 is 0. The molecular formula is C17H23N3O. The Morgan fingerprint density at radius 3 is 3.00 bits per heavy atom. The Hall–Kier alpha value is -1.68.